The van der Waals surface area contributed by atoms with Crippen molar-refractivity contribution in [3.05, 3.63) is 0 Å². The van der Waals surface area contributed by atoms with E-state index in [-0.39, 0.29) is 11.8 Å². The van der Waals surface area contributed by atoms with Gasteiger partial charge in [0.15, 0.2) is 0 Å². The Morgan fingerprint density at radius 3 is 2.45 bits per heavy atom. The van der Waals surface area contributed by atoms with Crippen molar-refractivity contribution in [3.63, 3.8) is 0 Å². The van der Waals surface area contributed by atoms with E-state index in [0.29, 0.717) is 18.9 Å². The number of hydrogen-bond donors (Lipinski definition) is 1. The lowest BCUT2D eigenvalue weighted by atomic mass is 9.95. The van der Waals surface area contributed by atoms with Gasteiger partial charge in [-0.25, -0.2) is 0 Å². The molecule has 2 aliphatic rings. The van der Waals surface area contributed by atoms with Crippen LogP contribution >= 0.6 is 0 Å². The number of likely N-dealkylation sites (tertiary alicyclic amines) is 1. The summed E-state index contributed by atoms with van der Waals surface area (Å²) in [7, 11) is 0. The van der Waals surface area contributed by atoms with Gasteiger partial charge in [-0.2, -0.15) is 0 Å². The van der Waals surface area contributed by atoms with Crippen LogP contribution in [0.5, 0.6) is 0 Å². The summed E-state index contributed by atoms with van der Waals surface area (Å²) in [6, 6.07) is 0. The highest BCUT2D eigenvalue weighted by atomic mass is 16.2. The maximum atomic E-state index is 12.5. The number of carbonyl (C=O) groups excluding carboxylic acids is 2. The molecule has 2 fully saturated rings. The van der Waals surface area contributed by atoms with Crippen LogP contribution in [0.1, 0.15) is 40.0 Å². The molecule has 0 aromatic heterocycles. The van der Waals surface area contributed by atoms with Gasteiger partial charge in [0.2, 0.25) is 11.8 Å². The van der Waals surface area contributed by atoms with Gasteiger partial charge in [0.1, 0.15) is 5.54 Å². The summed E-state index contributed by atoms with van der Waals surface area (Å²) in [6.45, 7) is 10.5. The van der Waals surface area contributed by atoms with Crippen LogP contribution in [0, 0.1) is 5.92 Å². The molecule has 0 spiro atoms. The monoisotopic (exact) mass is 281 g/mol. The van der Waals surface area contributed by atoms with Crippen molar-refractivity contribution >= 4 is 11.8 Å². The van der Waals surface area contributed by atoms with E-state index in [0.717, 1.165) is 39.0 Å². The number of nitrogens with zero attached hydrogens (tertiary/aromatic N) is 2. The van der Waals surface area contributed by atoms with Gasteiger partial charge in [-0.3, -0.25) is 9.59 Å². The van der Waals surface area contributed by atoms with E-state index in [2.05, 4.69) is 17.1 Å². The average molecular weight is 281 g/mol. The zero-order valence-electron chi connectivity index (χ0n) is 12.9. The number of amides is 2. The molecule has 2 amide bonds. The van der Waals surface area contributed by atoms with Gasteiger partial charge in [-0.1, -0.05) is 6.92 Å². The molecule has 0 aromatic carbocycles. The molecule has 0 saturated carbocycles. The van der Waals surface area contributed by atoms with Crippen LogP contribution in [0.25, 0.3) is 0 Å². The summed E-state index contributed by atoms with van der Waals surface area (Å²) >= 11 is 0. The van der Waals surface area contributed by atoms with Crippen LogP contribution in [0.3, 0.4) is 0 Å². The van der Waals surface area contributed by atoms with Crippen molar-refractivity contribution < 1.29 is 9.59 Å². The third-order valence-electron chi connectivity index (χ3n) is 4.52. The van der Waals surface area contributed by atoms with E-state index in [4.69, 9.17) is 0 Å². The standard InChI is InChI=1S/C15H27N3O2/c1-4-17-8-5-12(6-9-17)11-18-10-7-13(19)16-15(2,3)14(18)20/h12H,4-11H2,1-3H3,(H,16,19). The SMILES string of the molecule is CCN1CCC(CN2CCC(=O)NC(C)(C)C2=O)CC1. The molecule has 2 aliphatic heterocycles. The molecule has 2 saturated heterocycles. The summed E-state index contributed by atoms with van der Waals surface area (Å²) < 4.78 is 0. The smallest absolute Gasteiger partial charge is 0.247 e. The van der Waals surface area contributed by atoms with Gasteiger partial charge < -0.3 is 15.1 Å². The molecule has 0 aromatic rings. The van der Waals surface area contributed by atoms with E-state index in [1.165, 1.54) is 0 Å². The maximum Gasteiger partial charge on any atom is 0.247 e. The van der Waals surface area contributed by atoms with Gasteiger partial charge in [0, 0.05) is 19.5 Å². The molecular weight excluding hydrogens is 254 g/mol. The van der Waals surface area contributed by atoms with Gasteiger partial charge in [0.25, 0.3) is 0 Å². The predicted molar refractivity (Wildman–Crippen MR) is 78.3 cm³/mol. The third-order valence-corrected chi connectivity index (χ3v) is 4.52. The van der Waals surface area contributed by atoms with E-state index in [9.17, 15) is 9.59 Å². The molecule has 0 atom stereocenters. The average Bonchev–Trinajstić information content (AvgIpc) is 2.51. The Labute approximate surface area is 121 Å². The quantitative estimate of drug-likeness (QED) is 0.834. The van der Waals surface area contributed by atoms with Gasteiger partial charge in [0.05, 0.1) is 0 Å². The molecule has 0 bridgehead atoms. The Balaban J connectivity index is 1.94. The van der Waals surface area contributed by atoms with Crippen molar-refractivity contribution in [2.45, 2.75) is 45.6 Å². The number of rotatable bonds is 3. The molecule has 0 radical (unpaired) electrons. The first-order chi connectivity index (χ1) is 9.42. The molecule has 5 nitrogen and oxygen atoms in total. The summed E-state index contributed by atoms with van der Waals surface area (Å²) in [5, 5.41) is 2.81. The summed E-state index contributed by atoms with van der Waals surface area (Å²) in [6.07, 6.45) is 2.72. The zero-order valence-corrected chi connectivity index (χ0v) is 12.9. The fraction of sp³-hybridized carbons (Fsp3) is 0.867. The lowest BCUT2D eigenvalue weighted by Gasteiger charge is -2.35. The molecule has 20 heavy (non-hydrogen) atoms. The van der Waals surface area contributed by atoms with Crippen LogP contribution in [-0.4, -0.2) is 59.9 Å². The first kappa shape index (κ1) is 15.3. The van der Waals surface area contributed by atoms with Crippen molar-refractivity contribution in [2.75, 3.05) is 32.7 Å². The first-order valence-electron chi connectivity index (χ1n) is 7.75. The minimum atomic E-state index is -0.766. The minimum absolute atomic E-state index is 0.0216. The largest absolute Gasteiger partial charge is 0.342 e. The molecular formula is C15H27N3O2. The Kier molecular flexibility index (Phi) is 4.68. The highest BCUT2D eigenvalue weighted by molar-refractivity contribution is 5.92. The van der Waals surface area contributed by atoms with Crippen LogP contribution in [-0.2, 0) is 9.59 Å². The van der Waals surface area contributed by atoms with Crippen LogP contribution in [0.15, 0.2) is 0 Å². The van der Waals surface area contributed by atoms with E-state index in [1.54, 1.807) is 13.8 Å². The second-order valence-electron chi connectivity index (χ2n) is 6.55. The number of carbonyl (C=O) groups is 2. The second-order valence-corrected chi connectivity index (χ2v) is 6.55. The molecule has 114 valence electrons. The normalized spacial score (nSPS) is 25.4. The fourth-order valence-electron chi connectivity index (χ4n) is 3.17. The molecule has 0 aliphatic carbocycles. The Morgan fingerprint density at radius 2 is 1.85 bits per heavy atom. The van der Waals surface area contributed by atoms with Gasteiger partial charge in [-0.15, -0.1) is 0 Å². The lowest BCUT2D eigenvalue weighted by Crippen LogP contribution is -2.53. The lowest BCUT2D eigenvalue weighted by molar-refractivity contribution is -0.138. The highest BCUT2D eigenvalue weighted by Crippen LogP contribution is 2.21. The van der Waals surface area contributed by atoms with Crippen LogP contribution in [0.4, 0.5) is 0 Å². The summed E-state index contributed by atoms with van der Waals surface area (Å²) in [5.74, 6) is 0.610. The van der Waals surface area contributed by atoms with E-state index in [1.807, 2.05) is 4.90 Å². The topological polar surface area (TPSA) is 52.6 Å². The summed E-state index contributed by atoms with van der Waals surface area (Å²) in [5.41, 5.74) is -0.766. The van der Waals surface area contributed by atoms with E-state index >= 15 is 0 Å². The summed E-state index contributed by atoms with van der Waals surface area (Å²) in [4.78, 5) is 28.5. The number of hydrogen-bond acceptors (Lipinski definition) is 3. The Hall–Kier alpha value is -1.10. The third kappa shape index (κ3) is 3.51. The van der Waals surface area contributed by atoms with Gasteiger partial charge in [-0.05, 0) is 52.2 Å². The molecule has 1 N–H and O–H groups in total. The molecule has 0 unspecified atom stereocenters. The minimum Gasteiger partial charge on any atom is -0.342 e. The van der Waals surface area contributed by atoms with Crippen LogP contribution in [0.2, 0.25) is 0 Å². The predicted octanol–water partition coefficient (Wildman–Crippen LogP) is 0.845. The van der Waals surface area contributed by atoms with Gasteiger partial charge >= 0.3 is 0 Å². The maximum absolute atomic E-state index is 12.5. The number of nitrogens with one attached hydrogen (secondary N) is 1. The Bertz CT molecular complexity index is 373. The van der Waals surface area contributed by atoms with E-state index < -0.39 is 5.54 Å². The van der Waals surface area contributed by atoms with Crippen molar-refractivity contribution in [1.82, 2.24) is 15.1 Å². The molecule has 2 heterocycles. The molecule has 5 heteroatoms. The number of piperidine rings is 1. The fourth-order valence-corrected chi connectivity index (χ4v) is 3.17. The first-order valence-corrected chi connectivity index (χ1v) is 7.75. The zero-order chi connectivity index (χ0) is 14.8. The van der Waals surface area contributed by atoms with Crippen LogP contribution < -0.4 is 5.32 Å². The van der Waals surface area contributed by atoms with Crippen molar-refractivity contribution in [3.8, 4) is 0 Å². The van der Waals surface area contributed by atoms with Crippen molar-refractivity contribution in [1.29, 1.82) is 0 Å². The highest BCUT2D eigenvalue weighted by Gasteiger charge is 2.37. The second kappa shape index (κ2) is 6.12. The molecule has 2 rings (SSSR count). The van der Waals surface area contributed by atoms with Crippen molar-refractivity contribution in [2.24, 2.45) is 5.92 Å². The Morgan fingerprint density at radius 1 is 1.20 bits per heavy atom.